The van der Waals surface area contributed by atoms with Crippen LogP contribution in [0.1, 0.15) is 47.7 Å². The number of alkyl halides is 2. The highest BCUT2D eigenvalue weighted by molar-refractivity contribution is 6.16. The van der Waals surface area contributed by atoms with Crippen LogP contribution >= 0.6 is 0 Å². The van der Waals surface area contributed by atoms with Crippen LogP contribution in [0.15, 0.2) is 89.2 Å². The first-order valence-electron chi connectivity index (χ1n) is 11.8. The SMILES string of the molecule is CC(=N)CC(=O)c1ccc(N/C2=C\C/C=C\C=C3\CC(c4ccc(OC(F)F)cc4)=CN=C32)cc1CO. The van der Waals surface area contributed by atoms with Crippen LogP contribution < -0.4 is 10.1 Å². The van der Waals surface area contributed by atoms with Crippen LogP contribution in [0.4, 0.5) is 14.5 Å². The number of Topliss-reactive ketones (excluding diaryl/α,β-unsaturated/α-hetero) is 1. The number of rotatable bonds is 9. The van der Waals surface area contributed by atoms with Crippen LogP contribution in [0.25, 0.3) is 5.57 Å². The van der Waals surface area contributed by atoms with Gasteiger partial charge in [-0.15, -0.1) is 0 Å². The maximum absolute atomic E-state index is 12.5. The Kier molecular flexibility index (Phi) is 8.20. The Morgan fingerprint density at radius 1 is 1.19 bits per heavy atom. The van der Waals surface area contributed by atoms with Crippen LogP contribution in [0.3, 0.4) is 0 Å². The summed E-state index contributed by atoms with van der Waals surface area (Å²) in [5, 5.41) is 20.8. The predicted molar refractivity (Wildman–Crippen MR) is 141 cm³/mol. The first-order valence-corrected chi connectivity index (χ1v) is 11.8. The van der Waals surface area contributed by atoms with Crippen molar-refractivity contribution in [2.45, 2.75) is 39.4 Å². The number of ether oxygens (including phenoxy) is 1. The summed E-state index contributed by atoms with van der Waals surface area (Å²) in [6.07, 6.45) is 11.1. The van der Waals surface area contributed by atoms with Gasteiger partial charge in [0.1, 0.15) is 5.75 Å². The number of aliphatic hydroxyl groups is 1. The second-order valence-electron chi connectivity index (χ2n) is 8.72. The first kappa shape index (κ1) is 25.9. The molecule has 0 unspecified atom stereocenters. The van der Waals surface area contributed by atoms with E-state index in [1.165, 1.54) is 12.1 Å². The van der Waals surface area contributed by atoms with E-state index < -0.39 is 6.61 Å². The molecule has 1 aliphatic carbocycles. The van der Waals surface area contributed by atoms with E-state index in [-0.39, 0.29) is 30.3 Å². The molecule has 0 spiro atoms. The summed E-state index contributed by atoms with van der Waals surface area (Å²) < 4.78 is 29.4. The average molecular weight is 504 g/mol. The number of aliphatic imine (C=N–C) groups is 1. The summed E-state index contributed by atoms with van der Waals surface area (Å²) in [6.45, 7) is -1.59. The van der Waals surface area contributed by atoms with Crippen molar-refractivity contribution in [3.05, 3.63) is 101 Å². The van der Waals surface area contributed by atoms with Crippen LogP contribution in [-0.4, -0.2) is 28.9 Å². The number of nitrogens with one attached hydrogen (secondary N) is 2. The molecule has 0 saturated carbocycles. The number of carbonyl (C=O) groups excluding carboxylic acids is 1. The van der Waals surface area contributed by atoms with Crippen LogP contribution in [0, 0.1) is 5.41 Å². The molecule has 0 radical (unpaired) electrons. The largest absolute Gasteiger partial charge is 0.435 e. The molecule has 1 heterocycles. The Hall–Kier alpha value is -4.17. The third-order valence-corrected chi connectivity index (χ3v) is 5.91. The molecule has 0 bridgehead atoms. The standard InChI is InChI=1S/C29H27F2N3O3/c1-18(32)13-27(36)25-12-9-23(15-22(25)17-35)34-26-6-4-2-3-5-20-14-21(16-33-28(20)26)19-7-10-24(11-8-19)37-29(30)31/h2-3,5-12,15-16,29,32,34-35H,4,13-14,17H2,1H3/b3-2-,20-5-,26-6-,32-18?. The van der Waals surface area contributed by atoms with Crippen molar-refractivity contribution in [1.29, 1.82) is 5.41 Å². The molecule has 2 aromatic carbocycles. The maximum atomic E-state index is 12.5. The van der Waals surface area contributed by atoms with E-state index in [0.29, 0.717) is 29.7 Å². The topological polar surface area (TPSA) is 94.8 Å². The van der Waals surface area contributed by atoms with E-state index in [9.17, 15) is 18.7 Å². The van der Waals surface area contributed by atoms with E-state index in [2.05, 4.69) is 10.1 Å². The van der Waals surface area contributed by atoms with Gasteiger partial charge in [-0.1, -0.05) is 36.4 Å². The molecule has 0 amide bonds. The van der Waals surface area contributed by atoms with Gasteiger partial charge >= 0.3 is 6.61 Å². The summed E-state index contributed by atoms with van der Waals surface area (Å²) in [5.74, 6) is -0.100. The molecule has 2 aliphatic rings. The summed E-state index contributed by atoms with van der Waals surface area (Å²) in [7, 11) is 0. The van der Waals surface area contributed by atoms with Gasteiger partial charge in [-0.3, -0.25) is 9.79 Å². The zero-order valence-corrected chi connectivity index (χ0v) is 20.3. The smallest absolute Gasteiger partial charge is 0.387 e. The highest BCUT2D eigenvalue weighted by atomic mass is 19.3. The van der Waals surface area contributed by atoms with Gasteiger partial charge in [0.15, 0.2) is 5.78 Å². The molecule has 1 aliphatic heterocycles. The minimum absolute atomic E-state index is 0.0128. The monoisotopic (exact) mass is 503 g/mol. The summed E-state index contributed by atoms with van der Waals surface area (Å²) in [4.78, 5) is 17.2. The van der Waals surface area contributed by atoms with E-state index in [4.69, 9.17) is 10.4 Å². The van der Waals surface area contributed by atoms with Crippen molar-refractivity contribution in [1.82, 2.24) is 0 Å². The number of carbonyl (C=O) groups is 1. The number of benzene rings is 2. The second-order valence-corrected chi connectivity index (χ2v) is 8.72. The molecular weight excluding hydrogens is 476 g/mol. The number of hydrogen-bond donors (Lipinski definition) is 3. The lowest BCUT2D eigenvalue weighted by molar-refractivity contribution is -0.0498. The normalized spacial score (nSPS) is 18.6. The number of fused-ring (bicyclic) bond motifs is 1. The first-order chi connectivity index (χ1) is 17.8. The fourth-order valence-corrected chi connectivity index (χ4v) is 4.19. The molecule has 37 heavy (non-hydrogen) atoms. The number of allylic oxidation sites excluding steroid dienone is 6. The lowest BCUT2D eigenvalue weighted by Gasteiger charge is -2.22. The van der Waals surface area contributed by atoms with Crippen molar-refractivity contribution in [3.63, 3.8) is 0 Å². The number of anilines is 1. The summed E-state index contributed by atoms with van der Waals surface area (Å²) in [6, 6.07) is 11.7. The third kappa shape index (κ3) is 6.54. The Morgan fingerprint density at radius 2 is 1.97 bits per heavy atom. The van der Waals surface area contributed by atoms with Crippen molar-refractivity contribution in [2.75, 3.05) is 5.32 Å². The summed E-state index contributed by atoms with van der Waals surface area (Å²) in [5.41, 5.74) is 6.23. The van der Waals surface area contributed by atoms with Crippen molar-refractivity contribution in [2.24, 2.45) is 4.99 Å². The van der Waals surface area contributed by atoms with Gasteiger partial charge < -0.3 is 20.6 Å². The van der Waals surface area contributed by atoms with Crippen molar-refractivity contribution < 1.29 is 23.4 Å². The maximum Gasteiger partial charge on any atom is 0.387 e. The van der Waals surface area contributed by atoms with Crippen LogP contribution in [-0.2, 0) is 6.61 Å². The van der Waals surface area contributed by atoms with E-state index in [0.717, 1.165) is 28.1 Å². The lowest BCUT2D eigenvalue weighted by atomic mass is 9.91. The lowest BCUT2D eigenvalue weighted by Crippen LogP contribution is -2.17. The molecule has 0 atom stereocenters. The van der Waals surface area contributed by atoms with Gasteiger partial charge in [-0.25, -0.2) is 0 Å². The molecular formula is C29H27F2N3O3. The number of hydrogen-bond acceptors (Lipinski definition) is 6. The molecule has 190 valence electrons. The number of aliphatic hydroxyl groups excluding tert-OH is 1. The highest BCUT2D eigenvalue weighted by Crippen LogP contribution is 2.32. The molecule has 2 aromatic rings. The van der Waals surface area contributed by atoms with Gasteiger partial charge in [0.2, 0.25) is 0 Å². The van der Waals surface area contributed by atoms with E-state index >= 15 is 0 Å². The summed E-state index contributed by atoms with van der Waals surface area (Å²) >= 11 is 0. The van der Waals surface area contributed by atoms with Crippen LogP contribution in [0.2, 0.25) is 0 Å². The minimum Gasteiger partial charge on any atom is -0.435 e. The van der Waals surface area contributed by atoms with E-state index in [1.807, 2.05) is 24.3 Å². The average Bonchev–Trinajstić information content (AvgIpc) is 2.86. The van der Waals surface area contributed by atoms with Gasteiger partial charge in [-0.2, -0.15) is 8.78 Å². The number of nitrogens with zero attached hydrogens (tertiary/aromatic N) is 1. The highest BCUT2D eigenvalue weighted by Gasteiger charge is 2.20. The molecule has 4 rings (SSSR count). The Labute approximate surface area is 213 Å². The molecule has 3 N–H and O–H groups in total. The number of halogens is 2. The third-order valence-electron chi connectivity index (χ3n) is 5.91. The quantitative estimate of drug-likeness (QED) is 0.270. The fourth-order valence-electron chi connectivity index (χ4n) is 4.19. The second kappa shape index (κ2) is 11.7. The Bertz CT molecular complexity index is 1350. The Balaban J connectivity index is 1.59. The van der Waals surface area contributed by atoms with Gasteiger partial charge in [0, 0.05) is 36.0 Å². The number of ketones is 1. The van der Waals surface area contributed by atoms with Crippen molar-refractivity contribution >= 4 is 28.5 Å². The molecule has 0 fully saturated rings. The van der Waals surface area contributed by atoms with Crippen LogP contribution in [0.5, 0.6) is 5.75 Å². The zero-order chi connectivity index (χ0) is 26.4. The fraction of sp³-hybridized carbons (Fsp3) is 0.207. The molecule has 8 heteroatoms. The minimum atomic E-state index is -2.87. The predicted octanol–water partition coefficient (Wildman–Crippen LogP) is 6.46. The molecule has 0 aromatic heterocycles. The van der Waals surface area contributed by atoms with E-state index in [1.54, 1.807) is 43.5 Å². The van der Waals surface area contributed by atoms with Gasteiger partial charge in [-0.05, 0) is 65.9 Å². The zero-order valence-electron chi connectivity index (χ0n) is 20.3. The van der Waals surface area contributed by atoms with Crippen molar-refractivity contribution in [3.8, 4) is 5.75 Å². The van der Waals surface area contributed by atoms with Gasteiger partial charge in [0.05, 0.1) is 18.0 Å². The van der Waals surface area contributed by atoms with Gasteiger partial charge in [0.25, 0.3) is 0 Å². The molecule has 0 saturated heterocycles. The molecule has 6 nitrogen and oxygen atoms in total. The Morgan fingerprint density at radius 3 is 2.68 bits per heavy atom.